The molecule has 0 bridgehead atoms. The molecule has 0 aromatic heterocycles. The van der Waals surface area contributed by atoms with Gasteiger partial charge in [-0.25, -0.2) is 23.0 Å². The summed E-state index contributed by atoms with van der Waals surface area (Å²) in [4.78, 5) is 14.4. The summed E-state index contributed by atoms with van der Waals surface area (Å²) in [6, 6.07) is 7.36. The van der Waals surface area contributed by atoms with Gasteiger partial charge < -0.3 is 9.64 Å². The molecule has 8 heteroatoms. The molecule has 5 rings (SSSR count). The second-order valence-corrected chi connectivity index (χ2v) is 8.70. The van der Waals surface area contributed by atoms with Gasteiger partial charge in [-0.3, -0.25) is 0 Å². The van der Waals surface area contributed by atoms with Gasteiger partial charge in [-0.1, -0.05) is 18.9 Å². The first-order valence-corrected chi connectivity index (χ1v) is 11.0. The number of hydrazone groups is 1. The molecular formula is C24H24F3N3O2. The van der Waals surface area contributed by atoms with E-state index in [-0.39, 0.29) is 17.9 Å². The molecule has 2 aromatic carbocycles. The molecule has 2 aliphatic heterocycles. The van der Waals surface area contributed by atoms with Crippen molar-refractivity contribution in [2.24, 2.45) is 5.10 Å². The van der Waals surface area contributed by atoms with Crippen molar-refractivity contribution in [2.75, 3.05) is 13.1 Å². The highest BCUT2D eigenvalue weighted by Crippen LogP contribution is 2.37. The molecule has 0 radical (unpaired) electrons. The number of nitrogens with zero attached hydrogens (tertiary/aromatic N) is 3. The number of hydrogen-bond donors (Lipinski definition) is 0. The van der Waals surface area contributed by atoms with Gasteiger partial charge >= 0.3 is 6.03 Å². The fourth-order valence-electron chi connectivity index (χ4n) is 4.76. The molecule has 5 nitrogen and oxygen atoms in total. The maximum absolute atomic E-state index is 14.3. The Morgan fingerprint density at radius 3 is 2.41 bits per heavy atom. The third-order valence-electron chi connectivity index (χ3n) is 6.49. The fraction of sp³-hybridized carbons (Fsp3) is 0.417. The van der Waals surface area contributed by atoms with E-state index < -0.39 is 23.5 Å². The number of urea groups is 1. The van der Waals surface area contributed by atoms with Crippen LogP contribution in [-0.2, 0) is 0 Å². The van der Waals surface area contributed by atoms with Crippen molar-refractivity contribution < 1.29 is 22.7 Å². The minimum absolute atomic E-state index is 0.221. The smallest absolute Gasteiger partial charge is 0.341 e. The van der Waals surface area contributed by atoms with Crippen LogP contribution in [-0.4, -0.2) is 41.3 Å². The predicted molar refractivity (Wildman–Crippen MR) is 113 cm³/mol. The molecule has 0 N–H and O–H groups in total. The van der Waals surface area contributed by atoms with E-state index in [0.717, 1.165) is 24.5 Å². The second kappa shape index (κ2) is 8.48. The molecule has 2 aromatic rings. The first-order chi connectivity index (χ1) is 15.5. The maximum atomic E-state index is 14.3. The van der Waals surface area contributed by atoms with Crippen molar-refractivity contribution in [1.82, 2.24) is 9.91 Å². The van der Waals surface area contributed by atoms with Gasteiger partial charge in [-0.05, 0) is 54.2 Å². The number of hydrogen-bond acceptors (Lipinski definition) is 3. The van der Waals surface area contributed by atoms with E-state index in [4.69, 9.17) is 4.74 Å². The van der Waals surface area contributed by atoms with Crippen molar-refractivity contribution in [1.29, 1.82) is 0 Å². The van der Waals surface area contributed by atoms with Crippen LogP contribution in [0.5, 0.6) is 5.75 Å². The summed E-state index contributed by atoms with van der Waals surface area (Å²) in [5.74, 6) is -1.13. The zero-order chi connectivity index (χ0) is 22.2. The summed E-state index contributed by atoms with van der Waals surface area (Å²) in [7, 11) is 0. The molecule has 2 heterocycles. The lowest BCUT2D eigenvalue weighted by Crippen LogP contribution is -2.58. The highest BCUT2D eigenvalue weighted by molar-refractivity contribution is 5.79. The number of amides is 2. The van der Waals surface area contributed by atoms with Gasteiger partial charge in [0.05, 0.1) is 19.1 Å². The van der Waals surface area contributed by atoms with Gasteiger partial charge in [0.25, 0.3) is 0 Å². The van der Waals surface area contributed by atoms with Crippen molar-refractivity contribution in [3.63, 3.8) is 0 Å². The van der Waals surface area contributed by atoms with Crippen molar-refractivity contribution in [3.05, 3.63) is 65.0 Å². The summed E-state index contributed by atoms with van der Waals surface area (Å²) in [6.07, 6.45) is 6.24. The third-order valence-corrected chi connectivity index (χ3v) is 6.49. The van der Waals surface area contributed by atoms with Crippen LogP contribution >= 0.6 is 0 Å². The molecule has 168 valence electrons. The number of rotatable bonds is 4. The van der Waals surface area contributed by atoms with Gasteiger partial charge in [0.2, 0.25) is 0 Å². The fourth-order valence-corrected chi connectivity index (χ4v) is 4.76. The first kappa shape index (κ1) is 20.8. The van der Waals surface area contributed by atoms with E-state index in [2.05, 4.69) is 5.10 Å². The van der Waals surface area contributed by atoms with Gasteiger partial charge in [0.1, 0.15) is 17.7 Å². The number of benzene rings is 2. The van der Waals surface area contributed by atoms with E-state index in [1.807, 2.05) is 6.07 Å². The molecule has 3 aliphatic rings. The van der Waals surface area contributed by atoms with Gasteiger partial charge in [-0.2, -0.15) is 5.10 Å². The molecule has 2 fully saturated rings. The lowest BCUT2D eigenvalue weighted by Gasteiger charge is -2.41. The van der Waals surface area contributed by atoms with E-state index in [0.29, 0.717) is 31.0 Å². The molecule has 2 amide bonds. The Hall–Kier alpha value is -3.03. The van der Waals surface area contributed by atoms with E-state index in [9.17, 15) is 18.0 Å². The number of halogens is 3. The molecular weight excluding hydrogens is 419 g/mol. The zero-order valence-corrected chi connectivity index (χ0v) is 17.5. The summed E-state index contributed by atoms with van der Waals surface area (Å²) < 4.78 is 47.4. The molecule has 1 saturated heterocycles. The summed E-state index contributed by atoms with van der Waals surface area (Å²) in [5.41, 5.74) is 1.45. The minimum atomic E-state index is -0.696. The first-order valence-electron chi connectivity index (χ1n) is 11.0. The Morgan fingerprint density at radius 1 is 0.969 bits per heavy atom. The predicted octanol–water partition coefficient (Wildman–Crippen LogP) is 5.38. The van der Waals surface area contributed by atoms with E-state index >= 15 is 0 Å². The highest BCUT2D eigenvalue weighted by atomic mass is 19.1. The number of likely N-dealkylation sites (tertiary alicyclic amines) is 1. The monoisotopic (exact) mass is 443 g/mol. The highest BCUT2D eigenvalue weighted by Gasteiger charge is 2.39. The lowest BCUT2D eigenvalue weighted by atomic mass is 9.97. The third kappa shape index (κ3) is 4.06. The lowest BCUT2D eigenvalue weighted by molar-refractivity contribution is 0.0256. The van der Waals surface area contributed by atoms with Gasteiger partial charge in [0.15, 0.2) is 11.6 Å². The van der Waals surface area contributed by atoms with E-state index in [1.165, 1.54) is 40.9 Å². The molecule has 1 saturated carbocycles. The molecule has 1 atom stereocenters. The Kier molecular flexibility index (Phi) is 5.53. The van der Waals surface area contributed by atoms with Crippen LogP contribution in [0.25, 0.3) is 0 Å². The Bertz CT molecular complexity index is 1030. The number of carbonyl (C=O) groups is 1. The molecule has 32 heavy (non-hydrogen) atoms. The van der Waals surface area contributed by atoms with Crippen molar-refractivity contribution in [3.8, 4) is 5.75 Å². The SMILES string of the molecule is O=C(N1CC(Oc2cc(C3CCCC3)ccc2F)C1)N1N=CCC1c1cc(F)cc(F)c1. The second-order valence-electron chi connectivity index (χ2n) is 8.70. The number of ether oxygens (including phenoxy) is 1. The summed E-state index contributed by atoms with van der Waals surface area (Å²) in [6.45, 7) is 0.588. The quantitative estimate of drug-likeness (QED) is 0.637. The van der Waals surface area contributed by atoms with Gasteiger partial charge in [-0.15, -0.1) is 0 Å². The van der Waals surface area contributed by atoms with E-state index in [1.54, 1.807) is 12.3 Å². The standard InChI is InChI=1S/C24H24F3N3O2/c25-18-9-17(10-19(26)12-18)22-7-8-28-30(22)24(31)29-13-20(14-29)32-23-11-16(5-6-21(23)27)15-3-1-2-4-15/h5-6,8-12,15,20,22H,1-4,7,13-14H2. The maximum Gasteiger partial charge on any atom is 0.341 e. The van der Waals surface area contributed by atoms with Crippen LogP contribution in [0.15, 0.2) is 41.5 Å². The van der Waals surface area contributed by atoms with Gasteiger partial charge in [0, 0.05) is 18.7 Å². The van der Waals surface area contributed by atoms with Crippen LogP contribution in [0, 0.1) is 17.5 Å². The van der Waals surface area contributed by atoms with Crippen LogP contribution in [0.3, 0.4) is 0 Å². The molecule has 1 aliphatic carbocycles. The van der Waals surface area contributed by atoms with Crippen molar-refractivity contribution in [2.45, 2.75) is 50.2 Å². The van der Waals surface area contributed by atoms with Crippen LogP contribution in [0.1, 0.15) is 55.2 Å². The van der Waals surface area contributed by atoms with Crippen LogP contribution in [0.2, 0.25) is 0 Å². The van der Waals surface area contributed by atoms with Crippen molar-refractivity contribution >= 4 is 12.2 Å². The average Bonchev–Trinajstić information content (AvgIpc) is 3.42. The van der Waals surface area contributed by atoms with Crippen LogP contribution < -0.4 is 4.74 Å². The number of carbonyl (C=O) groups excluding carboxylic acids is 1. The normalized spacial score (nSPS) is 21.3. The minimum Gasteiger partial charge on any atom is -0.484 e. The average molecular weight is 443 g/mol. The van der Waals surface area contributed by atoms with Crippen LogP contribution in [0.4, 0.5) is 18.0 Å². The molecule has 0 spiro atoms. The zero-order valence-electron chi connectivity index (χ0n) is 17.5. The summed E-state index contributed by atoms with van der Waals surface area (Å²) in [5, 5.41) is 5.35. The molecule has 1 unspecified atom stereocenters. The Morgan fingerprint density at radius 2 is 1.69 bits per heavy atom. The Labute approximate surface area is 184 Å². The Balaban J connectivity index is 1.21. The summed E-state index contributed by atoms with van der Waals surface area (Å²) >= 11 is 0. The topological polar surface area (TPSA) is 45.1 Å². The largest absolute Gasteiger partial charge is 0.484 e.